The Morgan fingerprint density at radius 3 is 2.55 bits per heavy atom. The smallest absolute Gasteiger partial charge is 0.226 e. The Morgan fingerprint density at radius 2 is 1.83 bits per heavy atom. The summed E-state index contributed by atoms with van der Waals surface area (Å²) in [6.45, 7) is 1.70. The van der Waals surface area contributed by atoms with E-state index in [1.165, 1.54) is 19.3 Å². The second kappa shape index (κ2) is 12.5. The third-order valence-electron chi connectivity index (χ3n) is 4.93. The number of carbonyl (C=O) groups is 1. The molecule has 1 heterocycles. The quantitative estimate of drug-likeness (QED) is 0.230. The summed E-state index contributed by atoms with van der Waals surface area (Å²) in [6.07, 6.45) is 7.27. The van der Waals surface area contributed by atoms with E-state index < -0.39 is 0 Å². The maximum absolute atomic E-state index is 12.1. The van der Waals surface area contributed by atoms with E-state index in [9.17, 15) is 4.79 Å². The molecule has 0 radical (unpaired) electrons. The molecule has 1 fully saturated rings. The number of nitrogens with one attached hydrogen (secondary N) is 3. The fourth-order valence-corrected chi connectivity index (χ4v) is 3.37. The second-order valence-electron chi connectivity index (χ2n) is 6.99. The number of amides is 1. The Morgan fingerprint density at radius 1 is 1.10 bits per heavy atom. The average Bonchev–Trinajstić information content (AvgIpc) is 3.23. The molecule has 0 aliphatic heterocycles. The van der Waals surface area contributed by atoms with Crippen molar-refractivity contribution in [3.05, 3.63) is 42.3 Å². The lowest BCUT2D eigenvalue weighted by Gasteiger charge is -2.20. The molecule has 1 aromatic heterocycles. The van der Waals surface area contributed by atoms with Gasteiger partial charge in [-0.2, -0.15) is 0 Å². The monoisotopic (exact) mass is 511 g/mol. The number of rotatable bonds is 7. The van der Waals surface area contributed by atoms with Crippen molar-refractivity contribution < 1.29 is 9.21 Å². The molecular formula is C21H30IN5O2. The SMILES string of the molecule is CN=C(NCCNC(=O)C1CCCCC1)NCc1coc(-c2ccccc2)n1.I. The molecule has 158 valence electrons. The van der Waals surface area contributed by atoms with Gasteiger partial charge < -0.3 is 20.4 Å². The van der Waals surface area contributed by atoms with Crippen LogP contribution in [0.15, 0.2) is 46.0 Å². The summed E-state index contributed by atoms with van der Waals surface area (Å²) < 4.78 is 5.54. The Hall–Kier alpha value is -2.10. The minimum atomic E-state index is 0. The third-order valence-corrected chi connectivity index (χ3v) is 4.93. The summed E-state index contributed by atoms with van der Waals surface area (Å²) in [5, 5.41) is 9.42. The van der Waals surface area contributed by atoms with Gasteiger partial charge in [0.2, 0.25) is 11.8 Å². The van der Waals surface area contributed by atoms with Gasteiger partial charge in [-0.3, -0.25) is 9.79 Å². The molecule has 29 heavy (non-hydrogen) atoms. The number of aliphatic imine (C=N–C) groups is 1. The third kappa shape index (κ3) is 7.34. The number of aromatic nitrogens is 1. The van der Waals surface area contributed by atoms with Gasteiger partial charge in [-0.25, -0.2) is 4.98 Å². The molecule has 1 aliphatic rings. The summed E-state index contributed by atoms with van der Waals surface area (Å²) in [7, 11) is 1.72. The van der Waals surface area contributed by atoms with Crippen LogP contribution in [0.3, 0.4) is 0 Å². The molecule has 2 aromatic rings. The average molecular weight is 511 g/mol. The van der Waals surface area contributed by atoms with Gasteiger partial charge in [0.15, 0.2) is 5.96 Å². The summed E-state index contributed by atoms with van der Waals surface area (Å²) in [5.41, 5.74) is 1.75. The zero-order valence-electron chi connectivity index (χ0n) is 16.8. The fourth-order valence-electron chi connectivity index (χ4n) is 3.37. The highest BCUT2D eigenvalue weighted by Gasteiger charge is 2.20. The van der Waals surface area contributed by atoms with Crippen molar-refractivity contribution in [1.82, 2.24) is 20.9 Å². The molecule has 0 unspecified atom stereocenters. The van der Waals surface area contributed by atoms with Gasteiger partial charge >= 0.3 is 0 Å². The number of carbonyl (C=O) groups excluding carboxylic acids is 1. The molecule has 1 saturated carbocycles. The van der Waals surface area contributed by atoms with E-state index in [2.05, 4.69) is 25.9 Å². The van der Waals surface area contributed by atoms with Gasteiger partial charge in [-0.05, 0) is 25.0 Å². The van der Waals surface area contributed by atoms with Crippen molar-refractivity contribution in [2.75, 3.05) is 20.1 Å². The predicted molar refractivity (Wildman–Crippen MR) is 125 cm³/mol. The van der Waals surface area contributed by atoms with Crippen molar-refractivity contribution in [3.8, 4) is 11.5 Å². The first-order valence-corrected chi connectivity index (χ1v) is 9.98. The molecule has 0 spiro atoms. The molecule has 1 amide bonds. The van der Waals surface area contributed by atoms with E-state index in [0.717, 1.165) is 24.1 Å². The van der Waals surface area contributed by atoms with Crippen LogP contribution in [0, 0.1) is 5.92 Å². The lowest BCUT2D eigenvalue weighted by Crippen LogP contribution is -2.42. The standard InChI is InChI=1S/C21H29N5O2.HI/c1-22-21(24-13-12-23-19(27)16-8-4-2-5-9-16)25-14-18-15-28-20(26-18)17-10-6-3-7-11-17;/h3,6-7,10-11,15-16H,2,4-5,8-9,12-14H2,1H3,(H,23,27)(H2,22,24,25);1H. The summed E-state index contributed by atoms with van der Waals surface area (Å²) >= 11 is 0. The number of benzene rings is 1. The molecule has 3 rings (SSSR count). The Balaban J connectivity index is 0.00000300. The lowest BCUT2D eigenvalue weighted by molar-refractivity contribution is -0.125. The highest BCUT2D eigenvalue weighted by molar-refractivity contribution is 14.0. The maximum Gasteiger partial charge on any atom is 0.226 e. The predicted octanol–water partition coefficient (Wildman–Crippen LogP) is 3.32. The Bertz CT molecular complexity index is 772. The first kappa shape index (κ1) is 23.2. The number of guanidine groups is 1. The Labute approximate surface area is 189 Å². The molecule has 0 saturated heterocycles. The van der Waals surface area contributed by atoms with Crippen LogP contribution in [0.4, 0.5) is 0 Å². The Kier molecular flexibility index (Phi) is 9.96. The number of oxazole rings is 1. The largest absolute Gasteiger partial charge is 0.444 e. The highest BCUT2D eigenvalue weighted by Crippen LogP contribution is 2.23. The van der Waals surface area contributed by atoms with Gasteiger partial charge in [0.05, 0.1) is 12.2 Å². The number of nitrogens with zero attached hydrogens (tertiary/aromatic N) is 2. The zero-order valence-corrected chi connectivity index (χ0v) is 19.1. The van der Waals surface area contributed by atoms with E-state index in [1.807, 2.05) is 30.3 Å². The minimum absolute atomic E-state index is 0. The molecular weight excluding hydrogens is 481 g/mol. The molecule has 0 bridgehead atoms. The van der Waals surface area contributed by atoms with Crippen LogP contribution < -0.4 is 16.0 Å². The molecule has 7 nitrogen and oxygen atoms in total. The van der Waals surface area contributed by atoms with Crippen LogP contribution in [0.2, 0.25) is 0 Å². The van der Waals surface area contributed by atoms with Crippen LogP contribution >= 0.6 is 24.0 Å². The highest BCUT2D eigenvalue weighted by atomic mass is 127. The maximum atomic E-state index is 12.1. The van der Waals surface area contributed by atoms with Crippen molar-refractivity contribution >= 4 is 35.8 Å². The van der Waals surface area contributed by atoms with E-state index in [4.69, 9.17) is 4.42 Å². The molecule has 8 heteroatoms. The lowest BCUT2D eigenvalue weighted by atomic mass is 9.89. The first-order chi connectivity index (χ1) is 13.8. The van der Waals surface area contributed by atoms with Crippen LogP contribution in [-0.2, 0) is 11.3 Å². The van der Waals surface area contributed by atoms with Gasteiger partial charge in [0.1, 0.15) is 6.26 Å². The number of hydrogen-bond acceptors (Lipinski definition) is 4. The number of halogens is 1. The van der Waals surface area contributed by atoms with Crippen molar-refractivity contribution in [2.24, 2.45) is 10.9 Å². The van der Waals surface area contributed by atoms with Crippen LogP contribution in [0.1, 0.15) is 37.8 Å². The summed E-state index contributed by atoms with van der Waals surface area (Å²) in [5.74, 6) is 1.64. The molecule has 1 aromatic carbocycles. The zero-order chi connectivity index (χ0) is 19.6. The molecule has 3 N–H and O–H groups in total. The summed E-state index contributed by atoms with van der Waals surface area (Å²) in [6, 6.07) is 9.80. The first-order valence-electron chi connectivity index (χ1n) is 9.98. The normalized spacial score (nSPS) is 14.7. The van der Waals surface area contributed by atoms with Crippen LogP contribution in [0.5, 0.6) is 0 Å². The minimum Gasteiger partial charge on any atom is -0.444 e. The van der Waals surface area contributed by atoms with E-state index >= 15 is 0 Å². The second-order valence-corrected chi connectivity index (χ2v) is 6.99. The number of hydrogen-bond donors (Lipinski definition) is 3. The van der Waals surface area contributed by atoms with E-state index in [1.54, 1.807) is 13.3 Å². The van der Waals surface area contributed by atoms with E-state index in [0.29, 0.717) is 31.5 Å². The van der Waals surface area contributed by atoms with Crippen molar-refractivity contribution in [3.63, 3.8) is 0 Å². The van der Waals surface area contributed by atoms with Crippen LogP contribution in [0.25, 0.3) is 11.5 Å². The van der Waals surface area contributed by atoms with E-state index in [-0.39, 0.29) is 35.8 Å². The summed E-state index contributed by atoms with van der Waals surface area (Å²) in [4.78, 5) is 20.8. The van der Waals surface area contributed by atoms with Gasteiger partial charge in [0.25, 0.3) is 0 Å². The van der Waals surface area contributed by atoms with Crippen LogP contribution in [-0.4, -0.2) is 37.0 Å². The van der Waals surface area contributed by atoms with Gasteiger partial charge in [-0.15, -0.1) is 24.0 Å². The van der Waals surface area contributed by atoms with Crippen molar-refractivity contribution in [2.45, 2.75) is 38.6 Å². The molecule has 1 aliphatic carbocycles. The van der Waals surface area contributed by atoms with Gasteiger partial charge in [0, 0.05) is 31.6 Å². The molecule has 0 atom stereocenters. The van der Waals surface area contributed by atoms with Crippen molar-refractivity contribution in [1.29, 1.82) is 0 Å². The van der Waals surface area contributed by atoms with Gasteiger partial charge in [-0.1, -0.05) is 37.5 Å². The fraction of sp³-hybridized carbons (Fsp3) is 0.476. The topological polar surface area (TPSA) is 91.5 Å².